The van der Waals surface area contributed by atoms with Gasteiger partial charge in [0, 0.05) is 20.2 Å². The Morgan fingerprint density at radius 2 is 1.10 bits per heavy atom. The molecule has 0 radical (unpaired) electrons. The first-order valence-electron chi connectivity index (χ1n) is 21.2. The molecule has 0 bridgehead atoms. The molecule has 0 aliphatic carbocycles. The SMILES string of the molecule is CCC(C)COC(=O)c1ccc(OC)c(N)c1.CCC(C)COC(=O)c1ccc(OC)c(NC(=O)/C=C2/Nc3ccccc3S(=O)(=O)N2C)c1.COC(=O)/C=C1/Nc2ccccc2S(=O)(=O)N1C. The van der Waals surface area contributed by atoms with Gasteiger partial charge in [-0.3, -0.25) is 13.4 Å². The van der Waals surface area contributed by atoms with Crippen molar-refractivity contribution in [2.45, 2.75) is 50.3 Å². The zero-order chi connectivity index (χ0) is 50.3. The molecule has 2 aliphatic rings. The summed E-state index contributed by atoms with van der Waals surface area (Å²) in [6.45, 7) is 8.82. The lowest BCUT2D eigenvalue weighted by atomic mass is 10.1. The number of sulfonamides is 2. The van der Waals surface area contributed by atoms with Crippen LogP contribution in [-0.2, 0) is 43.8 Å². The monoisotopic (exact) mass is 978 g/mol. The fourth-order valence-corrected chi connectivity index (χ4v) is 8.53. The van der Waals surface area contributed by atoms with E-state index >= 15 is 0 Å². The Balaban J connectivity index is 0.000000243. The van der Waals surface area contributed by atoms with Crippen molar-refractivity contribution in [3.05, 3.63) is 120 Å². The Morgan fingerprint density at radius 3 is 1.54 bits per heavy atom. The van der Waals surface area contributed by atoms with E-state index in [2.05, 4.69) is 27.6 Å². The predicted molar refractivity (Wildman–Crippen MR) is 257 cm³/mol. The second kappa shape index (κ2) is 24.0. The number of methoxy groups -OCH3 is 3. The van der Waals surface area contributed by atoms with Crippen LogP contribution in [0.3, 0.4) is 0 Å². The van der Waals surface area contributed by atoms with Crippen LogP contribution in [-0.4, -0.2) is 97.9 Å². The first-order valence-corrected chi connectivity index (χ1v) is 24.1. The second-order valence-electron chi connectivity index (χ2n) is 15.4. The van der Waals surface area contributed by atoms with Crippen LogP contribution in [0.2, 0.25) is 0 Å². The molecular weight excluding hydrogens is 921 g/mol. The second-order valence-corrected chi connectivity index (χ2v) is 19.2. The summed E-state index contributed by atoms with van der Waals surface area (Å²) in [6.07, 6.45) is 4.08. The Kier molecular flexibility index (Phi) is 18.8. The number of nitrogens with one attached hydrogen (secondary N) is 3. The van der Waals surface area contributed by atoms with Crippen LogP contribution in [0, 0.1) is 11.8 Å². The summed E-state index contributed by atoms with van der Waals surface area (Å²) >= 11 is 0. The number of ether oxygens (including phenoxy) is 5. The minimum atomic E-state index is -3.80. The maximum absolute atomic E-state index is 12.7. The first-order chi connectivity index (χ1) is 32.2. The third-order valence-corrected chi connectivity index (χ3v) is 14.2. The van der Waals surface area contributed by atoms with E-state index in [-0.39, 0.29) is 44.6 Å². The van der Waals surface area contributed by atoms with Crippen molar-refractivity contribution in [3.63, 3.8) is 0 Å². The van der Waals surface area contributed by atoms with Gasteiger partial charge in [0.2, 0.25) is 0 Å². The van der Waals surface area contributed by atoms with E-state index in [0.717, 1.165) is 33.6 Å². The Hall–Kier alpha value is -7.26. The molecule has 4 aromatic rings. The molecule has 0 saturated heterocycles. The topological polar surface area (TPSA) is 251 Å². The van der Waals surface area contributed by atoms with Crippen LogP contribution in [0.25, 0.3) is 0 Å². The molecule has 19 nitrogen and oxygen atoms in total. The van der Waals surface area contributed by atoms with Crippen molar-refractivity contribution in [2.24, 2.45) is 11.8 Å². The number of carbonyl (C=O) groups excluding carboxylic acids is 4. The highest BCUT2D eigenvalue weighted by molar-refractivity contribution is 7.89. The molecule has 2 heterocycles. The van der Waals surface area contributed by atoms with E-state index in [0.29, 0.717) is 53.3 Å². The van der Waals surface area contributed by atoms with Gasteiger partial charge in [0.25, 0.3) is 26.0 Å². The van der Waals surface area contributed by atoms with Gasteiger partial charge < -0.3 is 45.4 Å². The standard InChI is InChI=1S/C23H27N3O6S.C13H19NO3.C11H12N2O4S/c1-5-15(2)14-32-23(28)16-10-11-19(31-4)18(12-16)25-22(27)13-21-24-17-8-6-7-9-20(17)33(29,30)26(21)3;1-4-9(2)8-17-13(15)10-5-6-12(16-3)11(14)7-10;1-13-10(7-11(14)17-2)12-8-5-3-4-6-9(8)18(13,15)16/h6-13,15,24H,5,14H2,1-4H3,(H,25,27);5-7,9H,4,8,14H2,1-3H3;3-7,12H,1-2H3/b21-13-;;10-7-. The molecule has 0 aromatic heterocycles. The largest absolute Gasteiger partial charge is 0.495 e. The number of fused-ring (bicyclic) bond motifs is 2. The summed E-state index contributed by atoms with van der Waals surface area (Å²) in [5.74, 6) is -0.362. The number of nitrogens with two attached hydrogens (primary N) is 1. The van der Waals surface area contributed by atoms with Crippen LogP contribution in [0.1, 0.15) is 61.3 Å². The summed E-state index contributed by atoms with van der Waals surface area (Å²) in [6, 6.07) is 22.3. The fraction of sp³-hybridized carbons (Fsp3) is 0.319. The molecule has 0 saturated carbocycles. The highest BCUT2D eigenvalue weighted by Gasteiger charge is 2.33. The summed E-state index contributed by atoms with van der Waals surface area (Å²) < 4.78 is 77.1. The van der Waals surface area contributed by atoms with Gasteiger partial charge in [0.05, 0.1) is 74.5 Å². The van der Waals surface area contributed by atoms with E-state index in [9.17, 15) is 36.0 Å². The number of rotatable bonds is 13. The van der Waals surface area contributed by atoms with Gasteiger partial charge in [-0.25, -0.2) is 31.2 Å². The molecule has 2 unspecified atom stereocenters. The third kappa shape index (κ3) is 13.4. The molecule has 5 N–H and O–H groups in total. The van der Waals surface area contributed by atoms with E-state index in [1.54, 1.807) is 66.7 Å². The van der Waals surface area contributed by atoms with E-state index < -0.39 is 37.9 Å². The van der Waals surface area contributed by atoms with Gasteiger partial charge in [-0.1, -0.05) is 64.8 Å². The van der Waals surface area contributed by atoms with Gasteiger partial charge in [-0.15, -0.1) is 0 Å². The lowest BCUT2D eigenvalue weighted by Crippen LogP contribution is -2.35. The van der Waals surface area contributed by atoms with Crippen molar-refractivity contribution in [3.8, 4) is 11.5 Å². The minimum absolute atomic E-state index is 0.0780. The van der Waals surface area contributed by atoms with Gasteiger partial charge in [-0.2, -0.15) is 0 Å². The third-order valence-electron chi connectivity index (χ3n) is 10.5. The van der Waals surface area contributed by atoms with E-state index in [1.807, 2.05) is 20.8 Å². The average molecular weight is 979 g/mol. The van der Waals surface area contributed by atoms with Crippen molar-refractivity contribution in [1.29, 1.82) is 0 Å². The smallest absolute Gasteiger partial charge is 0.338 e. The van der Waals surface area contributed by atoms with Crippen LogP contribution < -0.4 is 31.2 Å². The fourth-order valence-electron chi connectivity index (χ4n) is 5.93. The number of anilines is 4. The molecule has 21 heteroatoms. The minimum Gasteiger partial charge on any atom is -0.495 e. The molecule has 1 amide bonds. The number of hydrogen-bond donors (Lipinski definition) is 4. The van der Waals surface area contributed by atoms with Gasteiger partial charge in [0.1, 0.15) is 32.9 Å². The summed E-state index contributed by atoms with van der Waals surface area (Å²) in [4.78, 5) is 48.3. The van der Waals surface area contributed by atoms with Gasteiger partial charge >= 0.3 is 17.9 Å². The van der Waals surface area contributed by atoms with Crippen LogP contribution in [0.5, 0.6) is 11.5 Å². The molecule has 0 fully saturated rings. The molecule has 6 rings (SSSR count). The van der Waals surface area contributed by atoms with Crippen molar-refractivity contribution in [2.75, 3.05) is 70.3 Å². The Morgan fingerprint density at radius 1 is 0.662 bits per heavy atom. The van der Waals surface area contributed by atoms with Crippen LogP contribution in [0.4, 0.5) is 22.7 Å². The van der Waals surface area contributed by atoms with E-state index in [4.69, 9.17) is 24.7 Å². The predicted octanol–water partition coefficient (Wildman–Crippen LogP) is 6.65. The number of amides is 1. The molecule has 0 spiro atoms. The number of carbonyl (C=O) groups is 4. The Bertz CT molecular complexity index is 2760. The number of hydrogen-bond acceptors (Lipinski definition) is 16. The number of para-hydroxylation sites is 2. The number of benzene rings is 4. The van der Waals surface area contributed by atoms with Gasteiger partial charge in [0.15, 0.2) is 0 Å². The van der Waals surface area contributed by atoms with Crippen molar-refractivity contribution >= 4 is 66.6 Å². The zero-order valence-electron chi connectivity index (χ0n) is 39.3. The molecule has 2 atom stereocenters. The highest BCUT2D eigenvalue weighted by Crippen LogP contribution is 2.34. The number of nitrogens with zero attached hydrogens (tertiary/aromatic N) is 2. The lowest BCUT2D eigenvalue weighted by molar-refractivity contribution is -0.135. The maximum atomic E-state index is 12.7. The molecule has 68 heavy (non-hydrogen) atoms. The zero-order valence-corrected chi connectivity index (χ0v) is 40.9. The van der Waals surface area contributed by atoms with Crippen molar-refractivity contribution in [1.82, 2.24) is 8.61 Å². The summed E-state index contributed by atoms with van der Waals surface area (Å²) in [5, 5.41) is 8.47. The molecular formula is C47H58N6O13S2. The van der Waals surface area contributed by atoms with Crippen LogP contribution in [0.15, 0.2) is 119 Å². The summed E-state index contributed by atoms with van der Waals surface area (Å²) in [5.41, 5.74) is 7.92. The highest BCUT2D eigenvalue weighted by atomic mass is 32.2. The quantitative estimate of drug-likeness (QED) is 0.0474. The lowest BCUT2D eigenvalue weighted by Gasteiger charge is -2.30. The normalized spacial score (nSPS) is 16.0. The summed E-state index contributed by atoms with van der Waals surface area (Å²) in [7, 11) is -0.510. The Labute approximate surface area is 397 Å². The van der Waals surface area contributed by atoms with Crippen molar-refractivity contribution < 1.29 is 59.7 Å². The van der Waals surface area contributed by atoms with Crippen LogP contribution >= 0.6 is 0 Å². The molecule has 4 aromatic carbocycles. The van der Waals surface area contributed by atoms with Gasteiger partial charge in [-0.05, 0) is 72.5 Å². The molecule has 2 aliphatic heterocycles. The number of esters is 3. The average Bonchev–Trinajstić information content (AvgIpc) is 3.33. The van der Waals surface area contributed by atoms with E-state index in [1.165, 1.54) is 53.6 Å². The number of nitrogen functional groups attached to an aromatic ring is 1. The maximum Gasteiger partial charge on any atom is 0.338 e. The molecule has 366 valence electrons. The first kappa shape index (κ1) is 53.4.